The fourth-order valence-corrected chi connectivity index (χ4v) is 2.57. The summed E-state index contributed by atoms with van der Waals surface area (Å²) in [5.74, 6) is 0.182. The Bertz CT molecular complexity index is 704. The van der Waals surface area contributed by atoms with E-state index < -0.39 is 4.92 Å². The van der Waals surface area contributed by atoms with Crippen LogP contribution in [-0.2, 0) is 16.1 Å². The molecule has 8 heteroatoms. The maximum Gasteiger partial charge on any atom is 0.309 e. The van der Waals surface area contributed by atoms with Crippen LogP contribution in [0.5, 0.6) is 0 Å². The highest BCUT2D eigenvalue weighted by molar-refractivity contribution is 5.72. The zero-order valence-corrected chi connectivity index (χ0v) is 12.3. The first-order valence-electron chi connectivity index (χ1n) is 7.37. The number of esters is 1. The summed E-state index contributed by atoms with van der Waals surface area (Å²) in [4.78, 5) is 22.0. The van der Waals surface area contributed by atoms with Gasteiger partial charge in [-0.2, -0.15) is 0 Å². The molecule has 0 atom stereocenters. The van der Waals surface area contributed by atoms with Crippen molar-refractivity contribution >= 4 is 11.7 Å². The first-order chi connectivity index (χ1) is 11.1. The zero-order valence-electron chi connectivity index (χ0n) is 12.3. The normalized spacial score (nSPS) is 14.8. The summed E-state index contributed by atoms with van der Waals surface area (Å²) in [7, 11) is 0. The van der Waals surface area contributed by atoms with E-state index in [0.717, 1.165) is 25.7 Å². The minimum atomic E-state index is -0.481. The van der Waals surface area contributed by atoms with Gasteiger partial charge < -0.3 is 9.15 Å². The van der Waals surface area contributed by atoms with E-state index in [0.29, 0.717) is 5.56 Å². The average molecular weight is 317 g/mol. The number of nitro benzene ring substituents is 1. The van der Waals surface area contributed by atoms with Crippen molar-refractivity contribution in [3.63, 3.8) is 0 Å². The van der Waals surface area contributed by atoms with Crippen molar-refractivity contribution < 1.29 is 18.9 Å². The molecule has 1 aliphatic rings. The molecule has 1 fully saturated rings. The predicted octanol–water partition coefficient (Wildman–Crippen LogP) is 2.88. The molecule has 23 heavy (non-hydrogen) atoms. The quantitative estimate of drug-likeness (QED) is 0.474. The van der Waals surface area contributed by atoms with Crippen LogP contribution in [0.1, 0.15) is 31.6 Å². The second-order valence-electron chi connectivity index (χ2n) is 5.39. The van der Waals surface area contributed by atoms with Gasteiger partial charge in [-0.05, 0) is 25.0 Å². The van der Waals surface area contributed by atoms with Gasteiger partial charge in [-0.1, -0.05) is 12.8 Å². The van der Waals surface area contributed by atoms with Crippen LogP contribution >= 0.6 is 0 Å². The Hall–Kier alpha value is -2.77. The molecule has 0 radical (unpaired) electrons. The van der Waals surface area contributed by atoms with E-state index in [1.165, 1.54) is 24.3 Å². The van der Waals surface area contributed by atoms with Gasteiger partial charge in [0.1, 0.15) is 0 Å². The second-order valence-corrected chi connectivity index (χ2v) is 5.39. The van der Waals surface area contributed by atoms with Gasteiger partial charge in [-0.25, -0.2) is 0 Å². The van der Waals surface area contributed by atoms with Crippen LogP contribution in [0.4, 0.5) is 5.69 Å². The van der Waals surface area contributed by atoms with Crippen LogP contribution < -0.4 is 0 Å². The number of aromatic nitrogens is 2. The Kier molecular flexibility index (Phi) is 4.31. The number of nitrogens with zero attached hydrogens (tertiary/aromatic N) is 3. The average Bonchev–Trinajstić information content (AvgIpc) is 3.24. The third kappa shape index (κ3) is 3.53. The molecule has 0 spiro atoms. The Morgan fingerprint density at radius 2 is 1.96 bits per heavy atom. The standard InChI is InChI=1S/C15H15N3O5/c19-15(11-3-1-2-4-11)22-9-13-16-17-14(23-13)10-5-7-12(8-6-10)18(20)21/h5-8,11H,1-4,9H2. The highest BCUT2D eigenvalue weighted by Crippen LogP contribution is 2.26. The summed E-state index contributed by atoms with van der Waals surface area (Å²) in [6.07, 6.45) is 3.86. The van der Waals surface area contributed by atoms with Crippen LogP contribution in [0.2, 0.25) is 0 Å². The van der Waals surface area contributed by atoms with Crippen molar-refractivity contribution in [2.24, 2.45) is 5.92 Å². The predicted molar refractivity (Wildman–Crippen MR) is 78.1 cm³/mol. The van der Waals surface area contributed by atoms with E-state index in [2.05, 4.69) is 10.2 Å². The SMILES string of the molecule is O=C(OCc1nnc(-c2ccc([N+](=O)[O-])cc2)o1)C1CCCC1. The largest absolute Gasteiger partial charge is 0.455 e. The maximum atomic E-state index is 11.8. The molecule has 1 aromatic carbocycles. The third-order valence-electron chi connectivity index (χ3n) is 3.82. The Labute approximate surface area is 131 Å². The van der Waals surface area contributed by atoms with Crippen LogP contribution in [0, 0.1) is 16.0 Å². The minimum absolute atomic E-state index is 0.0148. The number of non-ortho nitro benzene ring substituents is 1. The number of rotatable bonds is 5. The lowest BCUT2D eigenvalue weighted by atomic mass is 10.1. The number of ether oxygens (including phenoxy) is 1. The van der Waals surface area contributed by atoms with Gasteiger partial charge in [0.05, 0.1) is 10.8 Å². The topological polar surface area (TPSA) is 108 Å². The van der Waals surface area contributed by atoms with E-state index >= 15 is 0 Å². The molecule has 0 unspecified atom stereocenters. The van der Waals surface area contributed by atoms with E-state index in [-0.39, 0.29) is 36.0 Å². The summed E-state index contributed by atoms with van der Waals surface area (Å²) in [5, 5.41) is 18.3. The van der Waals surface area contributed by atoms with Crippen LogP contribution in [0.15, 0.2) is 28.7 Å². The Morgan fingerprint density at radius 3 is 2.61 bits per heavy atom. The highest BCUT2D eigenvalue weighted by Gasteiger charge is 2.24. The molecule has 3 rings (SSSR count). The molecule has 0 bridgehead atoms. The van der Waals surface area contributed by atoms with Crippen molar-refractivity contribution in [3.05, 3.63) is 40.3 Å². The van der Waals surface area contributed by atoms with Crippen molar-refractivity contribution in [2.75, 3.05) is 0 Å². The van der Waals surface area contributed by atoms with Gasteiger partial charge in [-0.15, -0.1) is 10.2 Å². The summed E-state index contributed by atoms with van der Waals surface area (Å²) in [6, 6.07) is 5.78. The van der Waals surface area contributed by atoms with Crippen LogP contribution in [0.25, 0.3) is 11.5 Å². The van der Waals surface area contributed by atoms with E-state index in [1.54, 1.807) is 0 Å². The highest BCUT2D eigenvalue weighted by atomic mass is 16.6. The number of carbonyl (C=O) groups excluding carboxylic acids is 1. The second kappa shape index (κ2) is 6.55. The molecule has 0 N–H and O–H groups in total. The maximum absolute atomic E-state index is 11.8. The van der Waals surface area contributed by atoms with E-state index in [9.17, 15) is 14.9 Å². The van der Waals surface area contributed by atoms with Crippen molar-refractivity contribution in [1.29, 1.82) is 0 Å². The fraction of sp³-hybridized carbons (Fsp3) is 0.400. The third-order valence-corrected chi connectivity index (χ3v) is 3.82. The molecule has 1 aliphatic carbocycles. The van der Waals surface area contributed by atoms with Gasteiger partial charge in [-0.3, -0.25) is 14.9 Å². The van der Waals surface area contributed by atoms with Crippen molar-refractivity contribution in [2.45, 2.75) is 32.3 Å². The molecule has 8 nitrogen and oxygen atoms in total. The zero-order chi connectivity index (χ0) is 16.2. The van der Waals surface area contributed by atoms with Crippen molar-refractivity contribution in [1.82, 2.24) is 10.2 Å². The molecule has 0 aliphatic heterocycles. The molecule has 0 saturated heterocycles. The number of hydrogen-bond donors (Lipinski definition) is 0. The van der Waals surface area contributed by atoms with Gasteiger partial charge in [0, 0.05) is 17.7 Å². The molecule has 1 aromatic heterocycles. The summed E-state index contributed by atoms with van der Waals surface area (Å²) in [5.41, 5.74) is 0.551. The van der Waals surface area contributed by atoms with Crippen molar-refractivity contribution in [3.8, 4) is 11.5 Å². The lowest BCUT2D eigenvalue weighted by Gasteiger charge is -2.07. The number of carbonyl (C=O) groups is 1. The fourth-order valence-electron chi connectivity index (χ4n) is 2.57. The first kappa shape index (κ1) is 15.1. The first-order valence-corrected chi connectivity index (χ1v) is 7.37. The molecular weight excluding hydrogens is 302 g/mol. The monoisotopic (exact) mass is 317 g/mol. The lowest BCUT2D eigenvalue weighted by Crippen LogP contribution is -2.14. The molecule has 120 valence electrons. The number of hydrogen-bond acceptors (Lipinski definition) is 7. The van der Waals surface area contributed by atoms with E-state index in [1.807, 2.05) is 0 Å². The van der Waals surface area contributed by atoms with Crippen LogP contribution in [-0.4, -0.2) is 21.1 Å². The lowest BCUT2D eigenvalue weighted by molar-refractivity contribution is -0.384. The van der Waals surface area contributed by atoms with Gasteiger partial charge >= 0.3 is 5.97 Å². The molecule has 0 amide bonds. The Balaban J connectivity index is 1.61. The summed E-state index contributed by atoms with van der Waals surface area (Å²) >= 11 is 0. The summed E-state index contributed by atoms with van der Waals surface area (Å²) in [6.45, 7) is -0.0602. The molecule has 2 aromatic rings. The number of benzene rings is 1. The smallest absolute Gasteiger partial charge is 0.309 e. The summed E-state index contributed by atoms with van der Waals surface area (Å²) < 4.78 is 10.6. The molecule has 1 saturated carbocycles. The van der Waals surface area contributed by atoms with Gasteiger partial charge in [0.15, 0.2) is 6.61 Å². The molecular formula is C15H15N3O5. The number of nitro groups is 1. The minimum Gasteiger partial charge on any atom is -0.455 e. The molecule has 1 heterocycles. The van der Waals surface area contributed by atoms with Crippen LogP contribution in [0.3, 0.4) is 0 Å². The van der Waals surface area contributed by atoms with E-state index in [4.69, 9.17) is 9.15 Å². The Morgan fingerprint density at radius 1 is 1.26 bits per heavy atom. The van der Waals surface area contributed by atoms with Gasteiger partial charge in [0.25, 0.3) is 11.6 Å². The van der Waals surface area contributed by atoms with Gasteiger partial charge in [0.2, 0.25) is 5.89 Å².